The van der Waals surface area contributed by atoms with Gasteiger partial charge < -0.3 is 0 Å². The van der Waals surface area contributed by atoms with Crippen molar-refractivity contribution in [3.63, 3.8) is 0 Å². The lowest BCUT2D eigenvalue weighted by Crippen LogP contribution is -2.22. The highest BCUT2D eigenvalue weighted by atomic mass is 19.4. The van der Waals surface area contributed by atoms with Gasteiger partial charge in [0.05, 0.1) is 0 Å². The molecule has 0 unspecified atom stereocenters. The molecule has 0 saturated carbocycles. The molecule has 0 aliphatic heterocycles. The average molecular weight is 223 g/mol. The SMILES string of the molecule is FC(F)C(F)(F)F.FNC(F)(F)F. The van der Waals surface area contributed by atoms with E-state index >= 15 is 0 Å². The minimum atomic E-state index is -5.33. The molecule has 1 N–H and O–H groups in total. The van der Waals surface area contributed by atoms with E-state index < -0.39 is 24.4 Å². The maximum atomic E-state index is 10.4. The van der Waals surface area contributed by atoms with Gasteiger partial charge in [0.25, 0.3) is 0 Å². The van der Waals surface area contributed by atoms with Gasteiger partial charge in [-0.2, -0.15) is 26.3 Å². The van der Waals surface area contributed by atoms with Crippen LogP contribution in [0.5, 0.6) is 0 Å². The zero-order chi connectivity index (χ0) is 11.3. The summed E-state index contributed by atoms with van der Waals surface area (Å²) >= 11 is 0. The summed E-state index contributed by atoms with van der Waals surface area (Å²) in [6.07, 6.45) is -14.4. The van der Waals surface area contributed by atoms with Crippen LogP contribution in [0.15, 0.2) is 0 Å². The van der Waals surface area contributed by atoms with E-state index in [1.165, 1.54) is 0 Å². The van der Waals surface area contributed by atoms with Gasteiger partial charge in [-0.25, -0.2) is 8.78 Å². The van der Waals surface area contributed by atoms with Crippen LogP contribution in [0.25, 0.3) is 0 Å². The van der Waals surface area contributed by atoms with Crippen LogP contribution >= 0.6 is 0 Å². The van der Waals surface area contributed by atoms with Crippen molar-refractivity contribution in [2.45, 2.75) is 18.9 Å². The average Bonchev–Trinajstić information content (AvgIpc) is 1.85. The summed E-state index contributed by atoms with van der Waals surface area (Å²) in [7, 11) is 0. The van der Waals surface area contributed by atoms with Gasteiger partial charge in [0, 0.05) is 0 Å². The fourth-order valence-corrected chi connectivity index (χ4v) is 0. The van der Waals surface area contributed by atoms with Crippen LogP contribution in [0.3, 0.4) is 0 Å². The Morgan fingerprint density at radius 2 is 1.00 bits per heavy atom. The van der Waals surface area contributed by atoms with Crippen molar-refractivity contribution >= 4 is 0 Å². The highest BCUT2D eigenvalue weighted by Crippen LogP contribution is 2.22. The zero-order valence-electron chi connectivity index (χ0n) is 5.48. The second-order valence-corrected chi connectivity index (χ2v) is 1.43. The third-order valence-corrected chi connectivity index (χ3v) is 0.355. The summed E-state index contributed by atoms with van der Waals surface area (Å²) in [5, 5.41) is 0. The Kier molecular flexibility index (Phi) is 5.87. The lowest BCUT2D eigenvalue weighted by atomic mass is 10.7. The molecular weight excluding hydrogens is 221 g/mol. The molecule has 1 nitrogen and oxygen atoms in total. The summed E-state index contributed by atoms with van der Waals surface area (Å²) < 4.78 is 93.1. The summed E-state index contributed by atoms with van der Waals surface area (Å²) in [6, 6.07) is 0. The first-order valence-corrected chi connectivity index (χ1v) is 2.30. The number of halogens is 9. The van der Waals surface area contributed by atoms with Crippen molar-refractivity contribution in [3.05, 3.63) is 0 Å². The van der Waals surface area contributed by atoms with E-state index in [0.29, 0.717) is 0 Å². The molecule has 82 valence electrons. The minimum Gasteiger partial charge on any atom is -0.200 e. The molecule has 0 spiro atoms. The standard InChI is InChI=1S/C2HF5.CHF4N/c3-1(4)2(5,6)7;2-1(3,4)6-5/h1H;6H. The molecule has 0 bridgehead atoms. The van der Waals surface area contributed by atoms with E-state index in [0.717, 1.165) is 0 Å². The van der Waals surface area contributed by atoms with Crippen molar-refractivity contribution < 1.29 is 39.6 Å². The third kappa shape index (κ3) is 14.2. The highest BCUT2D eigenvalue weighted by Gasteiger charge is 2.40. The molecule has 13 heavy (non-hydrogen) atoms. The van der Waals surface area contributed by atoms with Crippen LogP contribution in [0.1, 0.15) is 0 Å². The van der Waals surface area contributed by atoms with Crippen LogP contribution < -0.4 is 5.54 Å². The number of hydrogen-bond donors (Lipinski definition) is 1. The van der Waals surface area contributed by atoms with E-state index in [2.05, 4.69) is 0 Å². The Labute approximate surface area is 65.4 Å². The molecule has 0 atom stereocenters. The molecule has 0 aliphatic rings. The molecule has 0 rings (SSSR count). The first-order chi connectivity index (χ1) is 5.50. The van der Waals surface area contributed by atoms with Gasteiger partial charge in [-0.1, -0.05) is 5.54 Å². The number of hydrogen-bond acceptors (Lipinski definition) is 1. The summed E-state index contributed by atoms with van der Waals surface area (Å²) in [6.45, 7) is 0. The largest absolute Gasteiger partial charge is 0.484 e. The summed E-state index contributed by atoms with van der Waals surface area (Å²) in [4.78, 5) is 0. The first-order valence-electron chi connectivity index (χ1n) is 2.30. The smallest absolute Gasteiger partial charge is 0.200 e. The Morgan fingerprint density at radius 3 is 1.00 bits per heavy atom. The second-order valence-electron chi connectivity index (χ2n) is 1.43. The van der Waals surface area contributed by atoms with E-state index in [1.54, 1.807) is 0 Å². The van der Waals surface area contributed by atoms with Crippen LogP contribution in [0.2, 0.25) is 0 Å². The monoisotopic (exact) mass is 223 g/mol. The molecule has 0 fully saturated rings. The summed E-state index contributed by atoms with van der Waals surface area (Å²) in [5.41, 5.74) is -0.396. The molecule has 10 heteroatoms. The third-order valence-electron chi connectivity index (χ3n) is 0.355. The van der Waals surface area contributed by atoms with Crippen LogP contribution in [0.4, 0.5) is 39.6 Å². The minimum absolute atomic E-state index is 0.396. The molecule has 0 amide bonds. The van der Waals surface area contributed by atoms with Gasteiger partial charge in [0.15, 0.2) is 0 Å². The van der Waals surface area contributed by atoms with Gasteiger partial charge in [0.2, 0.25) is 0 Å². The van der Waals surface area contributed by atoms with Gasteiger partial charge in [0.1, 0.15) is 0 Å². The molecule has 0 heterocycles. The van der Waals surface area contributed by atoms with Gasteiger partial charge in [-0.3, -0.25) is 0 Å². The predicted octanol–water partition coefficient (Wildman–Crippen LogP) is 2.79. The van der Waals surface area contributed by atoms with Gasteiger partial charge in [-0.05, 0) is 0 Å². The maximum Gasteiger partial charge on any atom is 0.484 e. The van der Waals surface area contributed by atoms with E-state index in [-0.39, 0.29) is 0 Å². The van der Waals surface area contributed by atoms with Crippen molar-refractivity contribution in [3.8, 4) is 0 Å². The highest BCUT2D eigenvalue weighted by molar-refractivity contribution is 4.48. The number of rotatable bonds is 0. The fraction of sp³-hybridized carbons (Fsp3) is 1.00. The Balaban J connectivity index is 0. The van der Waals surface area contributed by atoms with E-state index in [9.17, 15) is 39.6 Å². The zero-order valence-corrected chi connectivity index (χ0v) is 5.48. The van der Waals surface area contributed by atoms with Crippen LogP contribution in [-0.4, -0.2) is 18.9 Å². The number of nitrogens with one attached hydrogen (secondary N) is 1. The molecule has 0 radical (unpaired) electrons. The molecule has 0 aliphatic carbocycles. The molecule has 0 aromatic rings. The predicted molar refractivity (Wildman–Crippen MR) is 22.4 cm³/mol. The van der Waals surface area contributed by atoms with Crippen molar-refractivity contribution in [2.75, 3.05) is 0 Å². The second kappa shape index (κ2) is 5.14. The Morgan fingerprint density at radius 1 is 0.846 bits per heavy atom. The Hall–Kier alpha value is -0.670. The van der Waals surface area contributed by atoms with E-state index in [1.807, 2.05) is 0 Å². The van der Waals surface area contributed by atoms with Gasteiger partial charge in [-0.15, -0.1) is 4.48 Å². The number of alkyl halides is 8. The van der Waals surface area contributed by atoms with Crippen molar-refractivity contribution in [1.82, 2.24) is 5.54 Å². The summed E-state index contributed by atoms with van der Waals surface area (Å²) in [5.74, 6) is 0. The lowest BCUT2D eigenvalue weighted by Gasteiger charge is -2.00. The van der Waals surface area contributed by atoms with E-state index in [4.69, 9.17) is 0 Å². The fourth-order valence-electron chi connectivity index (χ4n) is 0. The molecule has 0 aromatic carbocycles. The normalized spacial score (nSPS) is 12.5. The molecule has 0 aromatic heterocycles. The molecular formula is C3H2F9N. The van der Waals surface area contributed by atoms with Crippen LogP contribution in [-0.2, 0) is 0 Å². The lowest BCUT2D eigenvalue weighted by molar-refractivity contribution is -0.219. The van der Waals surface area contributed by atoms with Crippen molar-refractivity contribution in [2.24, 2.45) is 0 Å². The molecule has 0 saturated heterocycles. The van der Waals surface area contributed by atoms with Gasteiger partial charge >= 0.3 is 18.9 Å². The Bertz CT molecular complexity index is 122. The maximum absolute atomic E-state index is 10.4. The van der Waals surface area contributed by atoms with Crippen LogP contribution in [0, 0.1) is 0 Å². The van der Waals surface area contributed by atoms with Crippen molar-refractivity contribution in [1.29, 1.82) is 0 Å². The topological polar surface area (TPSA) is 12.0 Å². The first kappa shape index (κ1) is 14.8. The quantitative estimate of drug-likeness (QED) is 0.378.